The molecule has 5 nitrogen and oxygen atoms in total. The Bertz CT molecular complexity index is 753. The molecule has 0 saturated carbocycles. The molecule has 1 atom stereocenters. The van der Waals surface area contributed by atoms with Gasteiger partial charge in [0, 0.05) is 22.8 Å². The molecule has 0 spiro atoms. The van der Waals surface area contributed by atoms with Gasteiger partial charge in [0.05, 0.1) is 24.8 Å². The lowest BCUT2D eigenvalue weighted by atomic mass is 10.1. The number of carbonyl (C=O) groups excluding carboxylic acids is 1. The molecule has 114 valence electrons. The minimum absolute atomic E-state index is 0.175. The Morgan fingerprint density at radius 1 is 1.41 bits per heavy atom. The summed E-state index contributed by atoms with van der Waals surface area (Å²) >= 11 is 7.36. The largest absolute Gasteiger partial charge is 0.394 e. The molecule has 22 heavy (non-hydrogen) atoms. The van der Waals surface area contributed by atoms with Crippen LogP contribution in [0.15, 0.2) is 42.0 Å². The fourth-order valence-electron chi connectivity index (χ4n) is 2.20. The van der Waals surface area contributed by atoms with Crippen molar-refractivity contribution in [3.05, 3.63) is 58.3 Å². The van der Waals surface area contributed by atoms with Crippen LogP contribution in [0.5, 0.6) is 0 Å². The Morgan fingerprint density at radius 2 is 2.18 bits per heavy atom. The minimum atomic E-state index is -0.450. The Hall–Kier alpha value is -1.89. The minimum Gasteiger partial charge on any atom is -0.394 e. The van der Waals surface area contributed by atoms with E-state index >= 15 is 0 Å². The molecule has 0 aliphatic heterocycles. The van der Waals surface area contributed by atoms with E-state index in [4.69, 9.17) is 11.6 Å². The highest BCUT2D eigenvalue weighted by molar-refractivity contribution is 7.15. The molecular formula is C15H14ClN3O2S. The van der Waals surface area contributed by atoms with Gasteiger partial charge in [0.25, 0.3) is 0 Å². The number of hydrogen-bond donors (Lipinski definition) is 2. The molecule has 1 amide bonds. The Morgan fingerprint density at radius 3 is 2.86 bits per heavy atom. The Labute approximate surface area is 136 Å². The number of aromatic nitrogens is 2. The Balaban J connectivity index is 1.66. The third-order valence-electron chi connectivity index (χ3n) is 3.27. The smallest absolute Gasteiger partial charge is 0.226 e. The maximum absolute atomic E-state index is 12.1. The van der Waals surface area contributed by atoms with Crippen molar-refractivity contribution in [3.8, 4) is 0 Å². The number of fused-ring (bicyclic) bond motifs is 1. The first kappa shape index (κ1) is 15.0. The van der Waals surface area contributed by atoms with Gasteiger partial charge >= 0.3 is 0 Å². The number of hydrogen-bond acceptors (Lipinski definition) is 4. The van der Waals surface area contributed by atoms with Crippen LogP contribution in [0, 0.1) is 0 Å². The number of imidazole rings is 1. The highest BCUT2D eigenvalue weighted by Crippen LogP contribution is 2.17. The molecular weight excluding hydrogens is 322 g/mol. The van der Waals surface area contributed by atoms with Gasteiger partial charge in [0.2, 0.25) is 5.91 Å². The Kier molecular flexibility index (Phi) is 4.42. The van der Waals surface area contributed by atoms with E-state index in [0.717, 1.165) is 10.5 Å². The van der Waals surface area contributed by atoms with E-state index in [1.165, 1.54) is 11.3 Å². The van der Waals surface area contributed by atoms with Crippen LogP contribution in [0.3, 0.4) is 0 Å². The quantitative estimate of drug-likeness (QED) is 0.752. The molecule has 3 rings (SSSR count). The molecule has 3 aromatic rings. The SMILES string of the molecule is O=C(Cc1cn2ccsc2n1)NC(CO)c1ccc(Cl)cc1. The molecule has 0 saturated heterocycles. The number of amides is 1. The number of aliphatic hydroxyl groups excluding tert-OH is 1. The van der Waals surface area contributed by atoms with Crippen molar-refractivity contribution in [2.45, 2.75) is 12.5 Å². The number of rotatable bonds is 5. The predicted molar refractivity (Wildman–Crippen MR) is 86.2 cm³/mol. The first-order chi connectivity index (χ1) is 10.7. The highest BCUT2D eigenvalue weighted by Gasteiger charge is 2.15. The zero-order chi connectivity index (χ0) is 15.5. The summed E-state index contributed by atoms with van der Waals surface area (Å²) in [6.45, 7) is -0.175. The molecule has 2 N–H and O–H groups in total. The van der Waals surface area contributed by atoms with Crippen LogP contribution in [-0.4, -0.2) is 27.0 Å². The van der Waals surface area contributed by atoms with Crippen LogP contribution in [0.4, 0.5) is 0 Å². The van der Waals surface area contributed by atoms with Crippen LogP contribution in [0.1, 0.15) is 17.3 Å². The summed E-state index contributed by atoms with van der Waals surface area (Å²) in [5, 5.41) is 14.8. The summed E-state index contributed by atoms with van der Waals surface area (Å²) < 4.78 is 1.88. The van der Waals surface area contributed by atoms with E-state index in [2.05, 4.69) is 10.3 Å². The van der Waals surface area contributed by atoms with E-state index in [-0.39, 0.29) is 18.9 Å². The average Bonchev–Trinajstić information content (AvgIpc) is 3.07. The van der Waals surface area contributed by atoms with E-state index in [9.17, 15) is 9.90 Å². The van der Waals surface area contributed by atoms with Gasteiger partial charge in [0.15, 0.2) is 4.96 Å². The third kappa shape index (κ3) is 3.30. The molecule has 7 heteroatoms. The number of carbonyl (C=O) groups is 1. The first-order valence-corrected chi connectivity index (χ1v) is 7.98. The second-order valence-electron chi connectivity index (χ2n) is 4.86. The van der Waals surface area contributed by atoms with Crippen LogP contribution in [-0.2, 0) is 11.2 Å². The summed E-state index contributed by atoms with van der Waals surface area (Å²) in [6, 6.07) is 6.59. The van der Waals surface area contributed by atoms with Crippen LogP contribution in [0.25, 0.3) is 4.96 Å². The number of benzene rings is 1. The molecule has 0 aliphatic carbocycles. The van der Waals surface area contributed by atoms with Gasteiger partial charge in [-0.3, -0.25) is 9.20 Å². The summed E-state index contributed by atoms with van der Waals surface area (Å²) in [5.41, 5.74) is 1.52. The van der Waals surface area contributed by atoms with Crippen LogP contribution in [0.2, 0.25) is 5.02 Å². The third-order valence-corrected chi connectivity index (χ3v) is 4.30. The van der Waals surface area contributed by atoms with Crippen molar-refractivity contribution in [1.29, 1.82) is 0 Å². The van der Waals surface area contributed by atoms with E-state index in [0.29, 0.717) is 10.7 Å². The molecule has 0 fully saturated rings. The van der Waals surface area contributed by atoms with Crippen LogP contribution < -0.4 is 5.32 Å². The van der Waals surface area contributed by atoms with Gasteiger partial charge in [-0.2, -0.15) is 0 Å². The highest BCUT2D eigenvalue weighted by atomic mass is 35.5. The maximum atomic E-state index is 12.1. The van der Waals surface area contributed by atoms with Crippen molar-refractivity contribution in [2.24, 2.45) is 0 Å². The summed E-state index contributed by atoms with van der Waals surface area (Å²) in [7, 11) is 0. The van der Waals surface area contributed by atoms with Crippen molar-refractivity contribution >= 4 is 33.8 Å². The lowest BCUT2D eigenvalue weighted by Crippen LogP contribution is -2.32. The van der Waals surface area contributed by atoms with Gasteiger partial charge in [-0.1, -0.05) is 23.7 Å². The number of thiazole rings is 1. The fraction of sp³-hybridized carbons (Fsp3) is 0.200. The monoisotopic (exact) mass is 335 g/mol. The topological polar surface area (TPSA) is 66.6 Å². The number of halogens is 1. The van der Waals surface area contributed by atoms with Crippen molar-refractivity contribution in [1.82, 2.24) is 14.7 Å². The molecule has 1 unspecified atom stereocenters. The van der Waals surface area contributed by atoms with Gasteiger partial charge in [-0.05, 0) is 17.7 Å². The normalized spacial score (nSPS) is 12.5. The zero-order valence-electron chi connectivity index (χ0n) is 11.6. The molecule has 0 bridgehead atoms. The predicted octanol–water partition coefficient (Wildman–Crippen LogP) is 2.44. The molecule has 0 radical (unpaired) electrons. The van der Waals surface area contributed by atoms with Crippen molar-refractivity contribution in [2.75, 3.05) is 6.61 Å². The summed E-state index contributed by atoms with van der Waals surface area (Å²) in [5.74, 6) is -0.181. The lowest BCUT2D eigenvalue weighted by Gasteiger charge is -2.16. The lowest BCUT2D eigenvalue weighted by molar-refractivity contribution is -0.121. The molecule has 2 heterocycles. The number of nitrogens with one attached hydrogen (secondary N) is 1. The van der Waals surface area contributed by atoms with Crippen LogP contribution >= 0.6 is 22.9 Å². The standard InChI is InChI=1S/C15H14ClN3O2S/c16-11-3-1-10(2-4-11)13(9-20)18-14(21)7-12-8-19-5-6-22-15(19)17-12/h1-6,8,13,20H,7,9H2,(H,18,21). The second kappa shape index (κ2) is 6.48. The molecule has 2 aromatic heterocycles. The maximum Gasteiger partial charge on any atom is 0.226 e. The second-order valence-corrected chi connectivity index (χ2v) is 6.17. The summed E-state index contributed by atoms with van der Waals surface area (Å²) in [4.78, 5) is 17.4. The van der Waals surface area contributed by atoms with E-state index < -0.39 is 6.04 Å². The first-order valence-electron chi connectivity index (χ1n) is 6.72. The van der Waals surface area contributed by atoms with Crippen molar-refractivity contribution in [3.63, 3.8) is 0 Å². The van der Waals surface area contributed by atoms with Gasteiger partial charge in [-0.25, -0.2) is 4.98 Å². The van der Waals surface area contributed by atoms with E-state index in [1.807, 2.05) is 22.2 Å². The summed E-state index contributed by atoms with van der Waals surface area (Å²) in [6.07, 6.45) is 3.92. The van der Waals surface area contributed by atoms with Gasteiger partial charge < -0.3 is 10.4 Å². The number of aliphatic hydroxyl groups is 1. The average molecular weight is 336 g/mol. The van der Waals surface area contributed by atoms with E-state index in [1.54, 1.807) is 24.3 Å². The number of nitrogens with zero attached hydrogens (tertiary/aromatic N) is 2. The van der Waals surface area contributed by atoms with Crippen molar-refractivity contribution < 1.29 is 9.90 Å². The zero-order valence-corrected chi connectivity index (χ0v) is 13.1. The van der Waals surface area contributed by atoms with Gasteiger partial charge in [0.1, 0.15) is 0 Å². The fourth-order valence-corrected chi connectivity index (χ4v) is 3.05. The van der Waals surface area contributed by atoms with Gasteiger partial charge in [-0.15, -0.1) is 11.3 Å². The molecule has 0 aliphatic rings. The molecule has 1 aromatic carbocycles.